The van der Waals surface area contributed by atoms with Crippen LogP contribution in [0.4, 0.5) is 15.8 Å². The lowest BCUT2D eigenvalue weighted by molar-refractivity contribution is -0.385. The van der Waals surface area contributed by atoms with Gasteiger partial charge < -0.3 is 5.32 Å². The molecule has 0 saturated carbocycles. The standard InChI is InChI=1S/C13H10ClFN2O2/c14-10-3-1-9(2-4-10)8-16-12-5-11(15)6-13(7-12)17(18)19/h1-7,16H,8H2. The quantitative estimate of drug-likeness (QED) is 0.680. The number of nitro groups is 1. The number of benzene rings is 2. The van der Waals surface area contributed by atoms with Crippen molar-refractivity contribution in [2.24, 2.45) is 0 Å². The first-order valence-electron chi connectivity index (χ1n) is 5.48. The van der Waals surface area contributed by atoms with Crippen molar-refractivity contribution in [1.82, 2.24) is 0 Å². The summed E-state index contributed by atoms with van der Waals surface area (Å²) in [5.74, 6) is -0.646. The van der Waals surface area contributed by atoms with Crippen molar-refractivity contribution in [3.8, 4) is 0 Å². The van der Waals surface area contributed by atoms with Crippen molar-refractivity contribution in [2.45, 2.75) is 6.54 Å². The lowest BCUT2D eigenvalue weighted by Crippen LogP contribution is -2.00. The molecule has 0 bridgehead atoms. The van der Waals surface area contributed by atoms with E-state index in [-0.39, 0.29) is 5.69 Å². The first-order chi connectivity index (χ1) is 9.04. The Morgan fingerprint density at radius 1 is 1.21 bits per heavy atom. The monoisotopic (exact) mass is 280 g/mol. The predicted octanol–water partition coefficient (Wildman–Crippen LogP) is 4.00. The van der Waals surface area contributed by atoms with Crippen LogP contribution >= 0.6 is 11.6 Å². The summed E-state index contributed by atoms with van der Waals surface area (Å²) in [6.45, 7) is 0.428. The SMILES string of the molecule is O=[N+]([O-])c1cc(F)cc(NCc2ccc(Cl)cc2)c1. The Morgan fingerprint density at radius 3 is 2.53 bits per heavy atom. The molecular weight excluding hydrogens is 271 g/mol. The van der Waals surface area contributed by atoms with E-state index in [4.69, 9.17) is 11.6 Å². The molecule has 2 rings (SSSR count). The van der Waals surface area contributed by atoms with Crippen LogP contribution in [-0.4, -0.2) is 4.92 Å². The Bertz CT molecular complexity index is 602. The fourth-order valence-corrected chi connectivity index (χ4v) is 1.71. The highest BCUT2D eigenvalue weighted by Gasteiger charge is 2.09. The highest BCUT2D eigenvalue weighted by Crippen LogP contribution is 2.20. The van der Waals surface area contributed by atoms with Crippen molar-refractivity contribution in [2.75, 3.05) is 5.32 Å². The second-order valence-corrected chi connectivity index (χ2v) is 4.37. The summed E-state index contributed by atoms with van der Waals surface area (Å²) in [7, 11) is 0. The molecule has 0 aliphatic rings. The molecule has 0 aromatic heterocycles. The molecule has 6 heteroatoms. The number of nitrogens with one attached hydrogen (secondary N) is 1. The Balaban J connectivity index is 2.11. The summed E-state index contributed by atoms with van der Waals surface area (Å²) in [5.41, 5.74) is 1.02. The van der Waals surface area contributed by atoms with Gasteiger partial charge >= 0.3 is 0 Å². The molecule has 98 valence electrons. The molecule has 0 atom stereocenters. The second-order valence-electron chi connectivity index (χ2n) is 3.94. The number of hydrogen-bond donors (Lipinski definition) is 1. The van der Waals surface area contributed by atoms with Crippen molar-refractivity contribution in [3.63, 3.8) is 0 Å². The maximum atomic E-state index is 13.2. The van der Waals surface area contributed by atoms with Crippen molar-refractivity contribution in [1.29, 1.82) is 0 Å². The molecule has 2 aromatic rings. The minimum Gasteiger partial charge on any atom is -0.381 e. The van der Waals surface area contributed by atoms with Gasteiger partial charge in [0.05, 0.1) is 11.0 Å². The van der Waals surface area contributed by atoms with E-state index in [1.165, 1.54) is 12.1 Å². The van der Waals surface area contributed by atoms with E-state index < -0.39 is 10.7 Å². The van der Waals surface area contributed by atoms with Gasteiger partial charge in [0, 0.05) is 23.3 Å². The van der Waals surface area contributed by atoms with Crippen LogP contribution in [0, 0.1) is 15.9 Å². The molecule has 0 spiro atoms. The van der Waals surface area contributed by atoms with Crippen LogP contribution in [0.1, 0.15) is 5.56 Å². The molecule has 2 aromatic carbocycles. The predicted molar refractivity (Wildman–Crippen MR) is 71.8 cm³/mol. The van der Waals surface area contributed by atoms with E-state index in [0.29, 0.717) is 17.3 Å². The van der Waals surface area contributed by atoms with Crippen molar-refractivity contribution >= 4 is 23.0 Å². The molecule has 0 saturated heterocycles. The average Bonchev–Trinajstić information content (AvgIpc) is 2.37. The largest absolute Gasteiger partial charge is 0.381 e. The minimum absolute atomic E-state index is 0.279. The van der Waals surface area contributed by atoms with Crippen molar-refractivity contribution < 1.29 is 9.31 Å². The number of non-ortho nitro benzene ring substituents is 1. The minimum atomic E-state index is -0.646. The number of anilines is 1. The number of nitro benzene ring substituents is 1. The summed E-state index contributed by atoms with van der Waals surface area (Å²) in [4.78, 5) is 9.99. The topological polar surface area (TPSA) is 55.2 Å². The molecule has 0 radical (unpaired) electrons. The third-order valence-corrected chi connectivity index (χ3v) is 2.76. The number of hydrogen-bond acceptors (Lipinski definition) is 3. The first kappa shape index (κ1) is 13.3. The molecule has 4 nitrogen and oxygen atoms in total. The fraction of sp³-hybridized carbons (Fsp3) is 0.0769. The second kappa shape index (κ2) is 5.67. The molecule has 0 fully saturated rings. The van der Waals surface area contributed by atoms with Gasteiger partial charge in [-0.25, -0.2) is 4.39 Å². The van der Waals surface area contributed by atoms with Crippen molar-refractivity contribution in [3.05, 3.63) is 69.0 Å². The van der Waals surface area contributed by atoms with Crippen LogP contribution in [0.15, 0.2) is 42.5 Å². The lowest BCUT2D eigenvalue weighted by atomic mass is 10.2. The summed E-state index contributed by atoms with van der Waals surface area (Å²) >= 11 is 5.76. The van der Waals surface area contributed by atoms with Crippen LogP contribution in [0.5, 0.6) is 0 Å². The first-order valence-corrected chi connectivity index (χ1v) is 5.86. The third kappa shape index (κ3) is 3.66. The zero-order chi connectivity index (χ0) is 13.8. The van der Waals surface area contributed by atoms with Gasteiger partial charge in [0.15, 0.2) is 0 Å². The highest BCUT2D eigenvalue weighted by molar-refractivity contribution is 6.30. The van der Waals surface area contributed by atoms with Crippen LogP contribution in [0.2, 0.25) is 5.02 Å². The Kier molecular flexibility index (Phi) is 3.97. The Morgan fingerprint density at radius 2 is 1.89 bits per heavy atom. The number of nitrogens with zero attached hydrogens (tertiary/aromatic N) is 1. The highest BCUT2D eigenvalue weighted by atomic mass is 35.5. The van der Waals surface area contributed by atoms with Crippen LogP contribution in [-0.2, 0) is 6.54 Å². The maximum absolute atomic E-state index is 13.2. The smallest absolute Gasteiger partial charge is 0.274 e. The van der Waals surface area contributed by atoms with Gasteiger partial charge in [-0.15, -0.1) is 0 Å². The molecule has 19 heavy (non-hydrogen) atoms. The Labute approximate surface area is 114 Å². The summed E-state index contributed by atoms with van der Waals surface area (Å²) < 4.78 is 13.2. The lowest BCUT2D eigenvalue weighted by Gasteiger charge is -2.06. The van der Waals surface area contributed by atoms with Gasteiger partial charge in [0.1, 0.15) is 5.82 Å². The molecule has 0 heterocycles. The molecule has 0 unspecified atom stereocenters. The molecule has 0 aliphatic heterocycles. The van der Waals surface area contributed by atoms with Gasteiger partial charge in [-0.05, 0) is 23.8 Å². The van der Waals surface area contributed by atoms with Gasteiger partial charge in [-0.2, -0.15) is 0 Å². The third-order valence-electron chi connectivity index (χ3n) is 2.50. The van der Waals surface area contributed by atoms with E-state index in [1.807, 2.05) is 12.1 Å². The van der Waals surface area contributed by atoms with E-state index in [9.17, 15) is 14.5 Å². The van der Waals surface area contributed by atoms with Crippen LogP contribution in [0.3, 0.4) is 0 Å². The normalized spacial score (nSPS) is 10.2. The molecule has 0 aliphatic carbocycles. The Hall–Kier alpha value is -2.14. The van der Waals surface area contributed by atoms with Gasteiger partial charge in [-0.3, -0.25) is 10.1 Å². The van der Waals surface area contributed by atoms with Crippen LogP contribution < -0.4 is 5.32 Å². The maximum Gasteiger partial charge on any atom is 0.274 e. The van der Waals surface area contributed by atoms with Gasteiger partial charge in [-0.1, -0.05) is 23.7 Å². The van der Waals surface area contributed by atoms with E-state index >= 15 is 0 Å². The zero-order valence-corrected chi connectivity index (χ0v) is 10.5. The average molecular weight is 281 g/mol. The van der Waals surface area contributed by atoms with E-state index in [2.05, 4.69) is 5.32 Å². The molecular formula is C13H10ClFN2O2. The summed E-state index contributed by atoms with van der Waals surface area (Å²) in [6.07, 6.45) is 0. The van der Waals surface area contributed by atoms with Gasteiger partial charge in [0.25, 0.3) is 5.69 Å². The fourth-order valence-electron chi connectivity index (χ4n) is 1.59. The zero-order valence-electron chi connectivity index (χ0n) is 9.77. The van der Waals surface area contributed by atoms with Crippen LogP contribution in [0.25, 0.3) is 0 Å². The molecule has 0 amide bonds. The number of rotatable bonds is 4. The molecule has 1 N–H and O–H groups in total. The van der Waals surface area contributed by atoms with E-state index in [1.54, 1.807) is 12.1 Å². The number of halogens is 2. The van der Waals surface area contributed by atoms with E-state index in [0.717, 1.165) is 11.6 Å². The summed E-state index contributed by atoms with van der Waals surface area (Å²) in [5, 5.41) is 14.2. The van der Waals surface area contributed by atoms with Gasteiger partial charge in [0.2, 0.25) is 0 Å². The summed E-state index contributed by atoms with van der Waals surface area (Å²) in [6, 6.07) is 10.5.